The van der Waals surface area contributed by atoms with Gasteiger partial charge in [-0.05, 0) is 17.0 Å². The van der Waals surface area contributed by atoms with Crippen LogP contribution in [0, 0.1) is 5.82 Å². The van der Waals surface area contributed by atoms with Gasteiger partial charge in [-0.3, -0.25) is 0 Å². The molecule has 0 radical (unpaired) electrons. The number of thiophene rings is 1. The lowest BCUT2D eigenvalue weighted by atomic mass is 10.1. The van der Waals surface area contributed by atoms with Crippen LogP contribution < -0.4 is 5.69 Å². The van der Waals surface area contributed by atoms with E-state index in [1.807, 2.05) is 30.3 Å². The van der Waals surface area contributed by atoms with Crippen molar-refractivity contribution in [3.05, 3.63) is 81.6 Å². The van der Waals surface area contributed by atoms with Crippen molar-refractivity contribution in [2.24, 2.45) is 0 Å². The number of benzene rings is 1. The molecule has 1 aromatic carbocycles. The maximum atomic E-state index is 14.4. The normalized spacial score (nSPS) is 11.4. The average molecular weight is 409 g/mol. The monoisotopic (exact) mass is 408 g/mol. The van der Waals surface area contributed by atoms with Crippen molar-refractivity contribution in [3.8, 4) is 0 Å². The van der Waals surface area contributed by atoms with Crippen LogP contribution in [0.25, 0.3) is 0 Å². The summed E-state index contributed by atoms with van der Waals surface area (Å²) in [5, 5.41) is 1.55. The lowest BCUT2D eigenvalue weighted by Crippen LogP contribution is -2.31. The first-order valence-corrected chi connectivity index (χ1v) is 10.2. The predicted molar refractivity (Wildman–Crippen MR) is 102 cm³/mol. The minimum Gasteiger partial charge on any atom is -0.245 e. The first-order valence-electron chi connectivity index (χ1n) is 7.51. The number of halogens is 1. The first kappa shape index (κ1) is 18.6. The minimum absolute atomic E-state index is 0.0226. The molecule has 2 heterocycles. The van der Waals surface area contributed by atoms with Gasteiger partial charge in [-0.2, -0.15) is 17.4 Å². The van der Waals surface area contributed by atoms with Gasteiger partial charge in [-0.25, -0.2) is 9.18 Å². The Bertz CT molecular complexity index is 1090. The molecule has 0 unspecified atom stereocenters. The SMILES string of the molecule is O=c1nc(CC(=S)Cc2ccccc2)c(F)cn1S(=O)(=O)c1cccs1. The molecule has 3 aromatic rings. The predicted octanol–water partition coefficient (Wildman–Crippen LogP) is 2.84. The smallest absolute Gasteiger partial charge is 0.245 e. The molecule has 0 fully saturated rings. The largest absolute Gasteiger partial charge is 0.362 e. The van der Waals surface area contributed by atoms with Gasteiger partial charge in [-0.1, -0.05) is 48.6 Å². The fraction of sp³-hybridized carbons (Fsp3) is 0.118. The van der Waals surface area contributed by atoms with Crippen LogP contribution in [0.4, 0.5) is 4.39 Å². The topological polar surface area (TPSA) is 69.0 Å². The molecule has 0 saturated carbocycles. The van der Waals surface area contributed by atoms with E-state index in [0.29, 0.717) is 21.5 Å². The summed E-state index contributed by atoms with van der Waals surface area (Å²) in [6.45, 7) is 0. The van der Waals surface area contributed by atoms with Crippen molar-refractivity contribution in [1.29, 1.82) is 0 Å². The van der Waals surface area contributed by atoms with Gasteiger partial charge in [0.2, 0.25) is 0 Å². The maximum absolute atomic E-state index is 14.4. The Labute approximate surface area is 158 Å². The van der Waals surface area contributed by atoms with Gasteiger partial charge in [0.1, 0.15) is 4.21 Å². The molecule has 0 saturated heterocycles. The fourth-order valence-electron chi connectivity index (χ4n) is 2.33. The lowest BCUT2D eigenvalue weighted by Gasteiger charge is -2.08. The van der Waals surface area contributed by atoms with Gasteiger partial charge >= 0.3 is 5.69 Å². The highest BCUT2D eigenvalue weighted by Gasteiger charge is 2.22. The van der Waals surface area contributed by atoms with Gasteiger partial charge in [0.25, 0.3) is 10.0 Å². The number of rotatable bonds is 6. The fourth-order valence-corrected chi connectivity index (χ4v) is 4.89. The molecule has 0 bridgehead atoms. The van der Waals surface area contributed by atoms with Gasteiger partial charge in [0.05, 0.1) is 11.9 Å². The number of aromatic nitrogens is 2. The molecule has 2 aromatic heterocycles. The van der Waals surface area contributed by atoms with E-state index < -0.39 is 21.5 Å². The molecule has 5 nitrogen and oxygen atoms in total. The van der Waals surface area contributed by atoms with Gasteiger partial charge in [-0.15, -0.1) is 11.3 Å². The Morgan fingerprint density at radius 3 is 2.54 bits per heavy atom. The van der Waals surface area contributed by atoms with E-state index >= 15 is 0 Å². The van der Waals surface area contributed by atoms with Gasteiger partial charge in [0, 0.05) is 17.7 Å². The second-order valence-electron chi connectivity index (χ2n) is 5.43. The molecular weight excluding hydrogens is 395 g/mol. The first-order chi connectivity index (χ1) is 12.4. The van der Waals surface area contributed by atoms with Crippen molar-refractivity contribution < 1.29 is 12.8 Å². The van der Waals surface area contributed by atoms with Crippen LogP contribution in [0.3, 0.4) is 0 Å². The third-order valence-corrected chi connectivity index (χ3v) is 6.84. The molecule has 0 amide bonds. The zero-order valence-electron chi connectivity index (χ0n) is 13.3. The average Bonchev–Trinajstić information content (AvgIpc) is 3.14. The molecule has 0 spiro atoms. The second-order valence-corrected chi connectivity index (χ2v) is 9.00. The third-order valence-electron chi connectivity index (χ3n) is 3.54. The molecule has 0 atom stereocenters. The number of thiocarbonyl (C=S) groups is 1. The second kappa shape index (κ2) is 7.56. The van der Waals surface area contributed by atoms with Crippen molar-refractivity contribution in [2.45, 2.75) is 17.1 Å². The quantitative estimate of drug-likeness (QED) is 0.587. The molecule has 0 aliphatic rings. The maximum Gasteiger partial charge on any atom is 0.362 e. The van der Waals surface area contributed by atoms with Crippen LogP contribution in [-0.2, 0) is 22.9 Å². The molecule has 3 rings (SSSR count). The zero-order valence-corrected chi connectivity index (χ0v) is 15.8. The Hall–Kier alpha value is -2.23. The highest BCUT2D eigenvalue weighted by atomic mass is 32.2. The van der Waals surface area contributed by atoms with Crippen molar-refractivity contribution in [3.63, 3.8) is 0 Å². The van der Waals surface area contributed by atoms with E-state index in [2.05, 4.69) is 4.98 Å². The molecule has 134 valence electrons. The van der Waals surface area contributed by atoms with Gasteiger partial charge in [0.15, 0.2) is 5.82 Å². The Morgan fingerprint density at radius 1 is 1.15 bits per heavy atom. The summed E-state index contributed by atoms with van der Waals surface area (Å²) in [6, 6.07) is 12.3. The highest BCUT2D eigenvalue weighted by Crippen LogP contribution is 2.18. The van der Waals surface area contributed by atoms with Crippen LogP contribution in [0.2, 0.25) is 0 Å². The number of nitrogens with zero attached hydrogens (tertiary/aromatic N) is 2. The highest BCUT2D eigenvalue weighted by molar-refractivity contribution is 7.92. The van der Waals surface area contributed by atoms with E-state index in [9.17, 15) is 17.6 Å². The summed E-state index contributed by atoms with van der Waals surface area (Å²) in [7, 11) is -4.16. The van der Waals surface area contributed by atoms with Crippen LogP contribution in [0.5, 0.6) is 0 Å². The van der Waals surface area contributed by atoms with Crippen LogP contribution >= 0.6 is 23.6 Å². The van der Waals surface area contributed by atoms with Crippen LogP contribution in [0.15, 0.2) is 63.0 Å². The van der Waals surface area contributed by atoms with E-state index in [4.69, 9.17) is 12.2 Å². The molecule has 26 heavy (non-hydrogen) atoms. The number of hydrogen-bond acceptors (Lipinski definition) is 6. The summed E-state index contributed by atoms with van der Waals surface area (Å²) < 4.78 is 39.4. The van der Waals surface area contributed by atoms with Crippen LogP contribution in [0.1, 0.15) is 11.3 Å². The Balaban J connectivity index is 1.86. The van der Waals surface area contributed by atoms with E-state index in [1.54, 1.807) is 5.38 Å². The lowest BCUT2D eigenvalue weighted by molar-refractivity contribution is 0.565. The van der Waals surface area contributed by atoms with Crippen molar-refractivity contribution in [2.75, 3.05) is 0 Å². The zero-order chi connectivity index (χ0) is 18.7. The van der Waals surface area contributed by atoms with E-state index in [-0.39, 0.29) is 16.3 Å². The summed E-state index contributed by atoms with van der Waals surface area (Å²) >= 11 is 6.20. The van der Waals surface area contributed by atoms with E-state index in [0.717, 1.165) is 16.9 Å². The molecule has 0 aliphatic carbocycles. The minimum atomic E-state index is -4.16. The Morgan fingerprint density at radius 2 is 1.88 bits per heavy atom. The summed E-state index contributed by atoms with van der Waals surface area (Å²) in [4.78, 5) is 16.2. The summed E-state index contributed by atoms with van der Waals surface area (Å²) in [5.74, 6) is -0.889. The van der Waals surface area contributed by atoms with Crippen molar-refractivity contribution >= 4 is 38.4 Å². The molecule has 0 aliphatic heterocycles. The molecular formula is C17H13FN2O3S3. The number of hydrogen-bond donors (Lipinski definition) is 0. The van der Waals surface area contributed by atoms with Gasteiger partial charge < -0.3 is 0 Å². The molecule has 0 N–H and O–H groups in total. The third kappa shape index (κ3) is 3.95. The summed E-state index contributed by atoms with van der Waals surface area (Å²) in [5.41, 5.74) is -0.252. The molecule has 9 heteroatoms. The standard InChI is InChI=1S/C17H13FN2O3S3/c18-14-11-20(26(22,23)16-7-4-8-25-16)17(21)19-15(14)10-13(24)9-12-5-2-1-3-6-12/h1-8,11H,9-10H2. The van der Waals surface area contributed by atoms with Crippen LogP contribution in [-0.4, -0.2) is 22.2 Å². The van der Waals surface area contributed by atoms with E-state index in [1.165, 1.54) is 12.1 Å². The van der Waals surface area contributed by atoms with Crippen molar-refractivity contribution in [1.82, 2.24) is 8.96 Å². The Kier molecular flexibility index (Phi) is 5.40. The summed E-state index contributed by atoms with van der Waals surface area (Å²) in [6.07, 6.45) is 1.07.